The van der Waals surface area contributed by atoms with Crippen molar-refractivity contribution in [2.24, 2.45) is 0 Å². The summed E-state index contributed by atoms with van der Waals surface area (Å²) in [4.78, 5) is 24.8. The predicted octanol–water partition coefficient (Wildman–Crippen LogP) is 0.709. The van der Waals surface area contributed by atoms with Gasteiger partial charge in [-0.2, -0.15) is 0 Å². The molecule has 0 aromatic carbocycles. The van der Waals surface area contributed by atoms with E-state index in [9.17, 15) is 9.59 Å². The average molecular weight is 224 g/mol. The van der Waals surface area contributed by atoms with Gasteiger partial charge < -0.3 is 10.2 Å². The van der Waals surface area contributed by atoms with Gasteiger partial charge in [-0.05, 0) is 39.2 Å². The molecule has 0 aromatic heterocycles. The monoisotopic (exact) mass is 224 g/mol. The molecule has 2 rings (SSSR count). The van der Waals surface area contributed by atoms with Crippen molar-refractivity contribution in [1.29, 1.82) is 0 Å². The molecule has 0 aliphatic carbocycles. The smallest absolute Gasteiger partial charge is 0.227 e. The Balaban J connectivity index is 1.78. The third kappa shape index (κ3) is 2.82. The molecule has 90 valence electrons. The fraction of sp³-hybridized carbons (Fsp3) is 0.833. The first-order chi connectivity index (χ1) is 7.65. The van der Waals surface area contributed by atoms with Crippen molar-refractivity contribution >= 4 is 11.7 Å². The number of nitrogens with one attached hydrogen (secondary N) is 1. The number of piperidine rings is 1. The van der Waals surface area contributed by atoms with E-state index < -0.39 is 0 Å². The third-order valence-corrected chi connectivity index (χ3v) is 3.60. The normalized spacial score (nSPS) is 29.8. The van der Waals surface area contributed by atoms with Gasteiger partial charge in [0.1, 0.15) is 5.78 Å². The van der Waals surface area contributed by atoms with E-state index in [1.165, 1.54) is 26.3 Å². The molecular formula is C12H20N2O2. The van der Waals surface area contributed by atoms with E-state index in [0.29, 0.717) is 6.04 Å². The van der Waals surface area contributed by atoms with Gasteiger partial charge >= 0.3 is 0 Å². The highest BCUT2D eigenvalue weighted by molar-refractivity contribution is 5.96. The third-order valence-electron chi connectivity index (χ3n) is 3.60. The van der Waals surface area contributed by atoms with Crippen LogP contribution in [-0.2, 0) is 9.59 Å². The number of nitrogens with zero attached hydrogens (tertiary/aromatic N) is 1. The van der Waals surface area contributed by atoms with Crippen molar-refractivity contribution < 1.29 is 9.59 Å². The van der Waals surface area contributed by atoms with Gasteiger partial charge in [-0.1, -0.05) is 0 Å². The lowest BCUT2D eigenvalue weighted by Gasteiger charge is -2.35. The minimum atomic E-state index is -0.107. The Morgan fingerprint density at radius 3 is 2.88 bits per heavy atom. The van der Waals surface area contributed by atoms with Crippen LogP contribution in [0.1, 0.15) is 39.0 Å². The first-order valence-electron chi connectivity index (χ1n) is 6.18. The van der Waals surface area contributed by atoms with Crippen LogP contribution in [0.3, 0.4) is 0 Å². The maximum absolute atomic E-state index is 11.5. The first-order valence-corrected chi connectivity index (χ1v) is 6.18. The lowest BCUT2D eigenvalue weighted by Crippen LogP contribution is -2.47. The summed E-state index contributed by atoms with van der Waals surface area (Å²) in [6.07, 6.45) is 4.67. The molecule has 4 heteroatoms. The fourth-order valence-electron chi connectivity index (χ4n) is 2.86. The second-order valence-corrected chi connectivity index (χ2v) is 5.00. The SMILES string of the molecule is CC(=O)CC(=O)NC1CCN2CCCC2C1. The predicted molar refractivity (Wildman–Crippen MR) is 61.1 cm³/mol. The van der Waals surface area contributed by atoms with E-state index >= 15 is 0 Å². The second-order valence-electron chi connectivity index (χ2n) is 5.00. The van der Waals surface area contributed by atoms with E-state index in [1.807, 2.05) is 0 Å². The highest BCUT2D eigenvalue weighted by Crippen LogP contribution is 2.26. The lowest BCUT2D eigenvalue weighted by molar-refractivity contribution is -0.127. The summed E-state index contributed by atoms with van der Waals surface area (Å²) in [7, 11) is 0. The standard InChI is InChI=1S/C12H20N2O2/c1-9(15)7-12(16)13-10-4-6-14-5-2-3-11(14)8-10/h10-11H,2-8H2,1H3,(H,13,16). The number of ketones is 1. The summed E-state index contributed by atoms with van der Waals surface area (Å²) in [5, 5.41) is 2.98. The number of hydrogen-bond acceptors (Lipinski definition) is 3. The van der Waals surface area contributed by atoms with Crippen LogP contribution < -0.4 is 5.32 Å². The van der Waals surface area contributed by atoms with Crippen LogP contribution in [0.4, 0.5) is 0 Å². The molecule has 0 radical (unpaired) electrons. The Labute approximate surface area is 96.4 Å². The van der Waals surface area contributed by atoms with Gasteiger partial charge in [0.2, 0.25) is 5.91 Å². The van der Waals surface area contributed by atoms with Gasteiger partial charge in [0.05, 0.1) is 6.42 Å². The van der Waals surface area contributed by atoms with Gasteiger partial charge in [0, 0.05) is 18.6 Å². The Kier molecular flexibility index (Phi) is 3.59. The van der Waals surface area contributed by atoms with Crippen LogP contribution in [0, 0.1) is 0 Å². The van der Waals surface area contributed by atoms with Crippen LogP contribution in [0.15, 0.2) is 0 Å². The minimum absolute atomic E-state index is 0.0326. The lowest BCUT2D eigenvalue weighted by atomic mass is 9.97. The van der Waals surface area contributed by atoms with Crippen molar-refractivity contribution in [3.63, 3.8) is 0 Å². The number of fused-ring (bicyclic) bond motifs is 1. The van der Waals surface area contributed by atoms with Gasteiger partial charge in [-0.3, -0.25) is 9.59 Å². The van der Waals surface area contributed by atoms with E-state index in [-0.39, 0.29) is 24.2 Å². The molecule has 2 saturated heterocycles. The summed E-state index contributed by atoms with van der Waals surface area (Å²) in [6.45, 7) is 3.77. The summed E-state index contributed by atoms with van der Waals surface area (Å²) in [5.74, 6) is -0.167. The van der Waals surface area contributed by atoms with Crippen LogP contribution in [0.5, 0.6) is 0 Å². The summed E-state index contributed by atoms with van der Waals surface area (Å²) < 4.78 is 0. The number of Topliss-reactive ketones (excluding diaryl/α,β-unsaturated/α-hetero) is 1. The van der Waals surface area contributed by atoms with Gasteiger partial charge in [0.25, 0.3) is 0 Å². The van der Waals surface area contributed by atoms with Crippen molar-refractivity contribution in [3.8, 4) is 0 Å². The Hall–Kier alpha value is -0.900. The molecule has 0 bridgehead atoms. The number of rotatable bonds is 3. The van der Waals surface area contributed by atoms with E-state index in [4.69, 9.17) is 0 Å². The van der Waals surface area contributed by atoms with E-state index in [2.05, 4.69) is 10.2 Å². The molecule has 2 atom stereocenters. The molecule has 2 unspecified atom stereocenters. The molecule has 2 aliphatic heterocycles. The van der Waals surface area contributed by atoms with Crippen molar-refractivity contribution in [2.45, 2.75) is 51.1 Å². The number of hydrogen-bond donors (Lipinski definition) is 1. The Bertz CT molecular complexity index is 291. The van der Waals surface area contributed by atoms with Crippen LogP contribution >= 0.6 is 0 Å². The van der Waals surface area contributed by atoms with E-state index in [1.54, 1.807) is 0 Å². The molecule has 4 nitrogen and oxygen atoms in total. The minimum Gasteiger partial charge on any atom is -0.353 e. The second kappa shape index (κ2) is 4.95. The summed E-state index contributed by atoms with van der Waals surface area (Å²) >= 11 is 0. The van der Waals surface area contributed by atoms with Crippen LogP contribution in [0.25, 0.3) is 0 Å². The van der Waals surface area contributed by atoms with E-state index in [0.717, 1.165) is 19.4 Å². The zero-order valence-electron chi connectivity index (χ0n) is 9.87. The highest BCUT2D eigenvalue weighted by atomic mass is 16.2. The molecule has 2 aliphatic rings. The maximum atomic E-state index is 11.5. The Morgan fingerprint density at radius 1 is 1.31 bits per heavy atom. The molecule has 0 saturated carbocycles. The van der Waals surface area contributed by atoms with Gasteiger partial charge in [-0.25, -0.2) is 0 Å². The molecule has 1 N–H and O–H groups in total. The summed E-state index contributed by atoms with van der Waals surface area (Å²) in [6, 6.07) is 0.947. The molecule has 2 heterocycles. The average Bonchev–Trinajstić information content (AvgIpc) is 2.63. The number of carbonyl (C=O) groups excluding carboxylic acids is 2. The maximum Gasteiger partial charge on any atom is 0.227 e. The zero-order chi connectivity index (χ0) is 11.5. The van der Waals surface area contributed by atoms with Gasteiger partial charge in [-0.15, -0.1) is 0 Å². The largest absolute Gasteiger partial charge is 0.353 e. The van der Waals surface area contributed by atoms with Crippen LogP contribution in [0.2, 0.25) is 0 Å². The fourth-order valence-corrected chi connectivity index (χ4v) is 2.86. The number of carbonyl (C=O) groups is 2. The Morgan fingerprint density at radius 2 is 2.12 bits per heavy atom. The van der Waals surface area contributed by atoms with Crippen molar-refractivity contribution in [3.05, 3.63) is 0 Å². The van der Waals surface area contributed by atoms with Gasteiger partial charge in [0.15, 0.2) is 0 Å². The summed E-state index contributed by atoms with van der Waals surface area (Å²) in [5.41, 5.74) is 0. The molecule has 2 fully saturated rings. The molecular weight excluding hydrogens is 204 g/mol. The topological polar surface area (TPSA) is 49.4 Å². The molecule has 16 heavy (non-hydrogen) atoms. The highest BCUT2D eigenvalue weighted by Gasteiger charge is 2.32. The van der Waals surface area contributed by atoms with Crippen LogP contribution in [-0.4, -0.2) is 41.8 Å². The quantitative estimate of drug-likeness (QED) is 0.718. The van der Waals surface area contributed by atoms with Crippen molar-refractivity contribution in [2.75, 3.05) is 13.1 Å². The molecule has 1 amide bonds. The molecule has 0 aromatic rings. The first kappa shape index (κ1) is 11.6. The molecule has 0 spiro atoms. The zero-order valence-corrected chi connectivity index (χ0v) is 9.87. The number of amides is 1. The van der Waals surface area contributed by atoms with Crippen molar-refractivity contribution in [1.82, 2.24) is 10.2 Å².